The fourth-order valence-corrected chi connectivity index (χ4v) is 3.77. The van der Waals surface area contributed by atoms with Crippen LogP contribution in [0, 0.1) is 10.1 Å². The van der Waals surface area contributed by atoms with Crippen LogP contribution in [0.4, 0.5) is 5.69 Å². The van der Waals surface area contributed by atoms with Crippen LogP contribution in [0.5, 0.6) is 5.75 Å². The number of rotatable bonds is 5. The van der Waals surface area contributed by atoms with Gasteiger partial charge in [0.15, 0.2) is 4.90 Å². The molecule has 0 bridgehead atoms. The van der Waals surface area contributed by atoms with Gasteiger partial charge in [0.2, 0.25) is 10.0 Å². The van der Waals surface area contributed by atoms with Crippen molar-refractivity contribution in [1.82, 2.24) is 4.31 Å². The number of nitrogens with two attached hydrogens (primary N) is 1. The largest absolute Gasteiger partial charge is 0.497 e. The van der Waals surface area contributed by atoms with Crippen LogP contribution in [0.1, 0.15) is 0 Å². The molecule has 0 spiro atoms. The van der Waals surface area contributed by atoms with Gasteiger partial charge in [-0.05, 0) is 12.1 Å². The molecule has 0 amide bonds. The van der Waals surface area contributed by atoms with Crippen LogP contribution in [0.25, 0.3) is 0 Å². The highest BCUT2D eigenvalue weighted by Gasteiger charge is 2.35. The maximum absolute atomic E-state index is 12.7. The first kappa shape index (κ1) is 19.6. The zero-order chi connectivity index (χ0) is 16.3. The molecule has 1 aliphatic heterocycles. The first-order chi connectivity index (χ1) is 10.4. The molecule has 0 aromatic heterocycles. The van der Waals surface area contributed by atoms with E-state index in [0.717, 1.165) is 10.4 Å². The summed E-state index contributed by atoms with van der Waals surface area (Å²) in [6.07, 6.45) is -0.416. The van der Waals surface area contributed by atoms with Crippen molar-refractivity contribution < 1.29 is 22.8 Å². The molecule has 130 valence electrons. The molecule has 0 aliphatic carbocycles. The molecule has 1 aromatic rings. The Balaban J connectivity index is 0.00000264. The van der Waals surface area contributed by atoms with Crippen molar-refractivity contribution in [3.8, 4) is 5.75 Å². The van der Waals surface area contributed by atoms with Gasteiger partial charge in [0, 0.05) is 19.6 Å². The number of nitro groups is 1. The minimum atomic E-state index is -4.01. The predicted molar refractivity (Wildman–Crippen MR) is 84.4 cm³/mol. The normalized spacial score (nSPS) is 19.0. The molecule has 23 heavy (non-hydrogen) atoms. The van der Waals surface area contributed by atoms with Gasteiger partial charge in [-0.1, -0.05) is 0 Å². The van der Waals surface area contributed by atoms with Gasteiger partial charge in [-0.2, -0.15) is 4.31 Å². The Morgan fingerprint density at radius 1 is 1.52 bits per heavy atom. The van der Waals surface area contributed by atoms with Crippen LogP contribution in [0.15, 0.2) is 23.1 Å². The lowest BCUT2D eigenvalue weighted by molar-refractivity contribution is -0.387. The van der Waals surface area contributed by atoms with E-state index in [2.05, 4.69) is 0 Å². The van der Waals surface area contributed by atoms with Crippen LogP contribution in [0.3, 0.4) is 0 Å². The maximum atomic E-state index is 12.7. The van der Waals surface area contributed by atoms with Gasteiger partial charge < -0.3 is 15.2 Å². The Labute approximate surface area is 140 Å². The number of halogens is 1. The second-order valence-electron chi connectivity index (χ2n) is 4.68. The predicted octanol–water partition coefficient (Wildman–Crippen LogP) is 0.373. The fourth-order valence-electron chi connectivity index (χ4n) is 2.18. The molecule has 1 aliphatic rings. The van der Waals surface area contributed by atoms with Crippen molar-refractivity contribution >= 4 is 28.1 Å². The highest BCUT2D eigenvalue weighted by molar-refractivity contribution is 7.89. The van der Waals surface area contributed by atoms with Gasteiger partial charge in [-0.25, -0.2) is 8.42 Å². The standard InChI is InChI=1S/C12H17N3O6S.ClH/c1-20-9-2-3-12(11(6-9)15(16)17)22(18,19)14-4-5-21-10(7-13)8-14;/h2-3,6,10H,4-5,7-8,13H2,1H3;1H. The van der Waals surface area contributed by atoms with E-state index in [0.29, 0.717) is 0 Å². The molecule has 9 nitrogen and oxygen atoms in total. The third-order valence-corrected chi connectivity index (χ3v) is 5.26. The zero-order valence-electron chi connectivity index (χ0n) is 12.4. The molecule has 1 saturated heterocycles. The number of hydrogen-bond donors (Lipinski definition) is 1. The zero-order valence-corrected chi connectivity index (χ0v) is 14.0. The highest BCUT2D eigenvalue weighted by Crippen LogP contribution is 2.31. The minimum absolute atomic E-state index is 0. The van der Waals surface area contributed by atoms with Crippen molar-refractivity contribution in [2.45, 2.75) is 11.0 Å². The number of ether oxygens (including phenoxy) is 2. The number of nitrogens with zero attached hydrogens (tertiary/aromatic N) is 2. The molecule has 11 heteroatoms. The lowest BCUT2D eigenvalue weighted by atomic mass is 10.3. The molecule has 1 heterocycles. The fraction of sp³-hybridized carbons (Fsp3) is 0.500. The first-order valence-electron chi connectivity index (χ1n) is 6.54. The van der Waals surface area contributed by atoms with Gasteiger partial charge in [-0.3, -0.25) is 10.1 Å². The number of benzene rings is 1. The SMILES string of the molecule is COc1ccc(S(=O)(=O)N2CCOC(CN)C2)c([N+](=O)[O-])c1.Cl. The lowest BCUT2D eigenvalue weighted by Crippen LogP contribution is -2.48. The van der Waals surface area contributed by atoms with E-state index in [1.165, 1.54) is 19.2 Å². The first-order valence-corrected chi connectivity index (χ1v) is 7.98. The Morgan fingerprint density at radius 2 is 2.22 bits per heavy atom. The van der Waals surface area contributed by atoms with Crippen LogP contribution < -0.4 is 10.5 Å². The molecular weight excluding hydrogens is 350 g/mol. The number of methoxy groups -OCH3 is 1. The smallest absolute Gasteiger partial charge is 0.293 e. The van der Waals surface area contributed by atoms with Gasteiger partial charge in [-0.15, -0.1) is 12.4 Å². The Hall–Kier alpha value is -1.46. The van der Waals surface area contributed by atoms with Gasteiger partial charge in [0.05, 0.1) is 30.8 Å². The van der Waals surface area contributed by atoms with Crippen molar-refractivity contribution in [3.63, 3.8) is 0 Å². The third-order valence-electron chi connectivity index (χ3n) is 3.35. The third kappa shape index (κ3) is 4.09. The average Bonchev–Trinajstić information content (AvgIpc) is 2.54. The molecule has 1 aromatic carbocycles. The second-order valence-corrected chi connectivity index (χ2v) is 6.59. The second kappa shape index (κ2) is 7.88. The van der Waals surface area contributed by atoms with Crippen LogP contribution in [-0.4, -0.2) is 57.1 Å². The molecule has 2 N–H and O–H groups in total. The molecular formula is C12H18ClN3O6S. The number of nitro benzene ring substituents is 1. The monoisotopic (exact) mass is 367 g/mol. The summed E-state index contributed by atoms with van der Waals surface area (Å²) in [4.78, 5) is 10.1. The summed E-state index contributed by atoms with van der Waals surface area (Å²) in [6.45, 7) is 0.575. The Morgan fingerprint density at radius 3 is 2.78 bits per heavy atom. The highest BCUT2D eigenvalue weighted by atomic mass is 35.5. The van der Waals surface area contributed by atoms with Crippen LogP contribution in [-0.2, 0) is 14.8 Å². The van der Waals surface area contributed by atoms with Crippen molar-refractivity contribution in [1.29, 1.82) is 0 Å². The summed E-state index contributed by atoms with van der Waals surface area (Å²) in [6, 6.07) is 3.65. The van der Waals surface area contributed by atoms with Gasteiger partial charge in [0.1, 0.15) is 5.75 Å². The van der Waals surface area contributed by atoms with Crippen molar-refractivity contribution in [2.24, 2.45) is 5.73 Å². The van der Waals surface area contributed by atoms with Crippen LogP contribution >= 0.6 is 12.4 Å². The lowest BCUT2D eigenvalue weighted by Gasteiger charge is -2.31. The summed E-state index contributed by atoms with van der Waals surface area (Å²) < 4.78 is 36.7. The van der Waals surface area contributed by atoms with E-state index in [9.17, 15) is 18.5 Å². The quantitative estimate of drug-likeness (QED) is 0.588. The molecule has 1 atom stereocenters. The summed E-state index contributed by atoms with van der Waals surface area (Å²) in [5, 5.41) is 11.2. The summed E-state index contributed by atoms with van der Waals surface area (Å²) in [5.74, 6) is 0.215. The van der Waals surface area contributed by atoms with E-state index in [1.807, 2.05) is 0 Å². The van der Waals surface area contributed by atoms with E-state index in [4.69, 9.17) is 15.2 Å². The molecule has 0 saturated carbocycles. The van der Waals surface area contributed by atoms with Gasteiger partial charge in [0.25, 0.3) is 5.69 Å². The number of hydrogen-bond acceptors (Lipinski definition) is 7. The Kier molecular flexibility index (Phi) is 6.71. The minimum Gasteiger partial charge on any atom is -0.497 e. The van der Waals surface area contributed by atoms with Crippen molar-refractivity contribution in [2.75, 3.05) is 33.4 Å². The van der Waals surface area contributed by atoms with E-state index >= 15 is 0 Å². The van der Waals surface area contributed by atoms with E-state index in [1.54, 1.807) is 0 Å². The maximum Gasteiger partial charge on any atom is 0.293 e. The summed E-state index contributed by atoms with van der Waals surface area (Å²) in [7, 11) is -2.66. The molecule has 1 unspecified atom stereocenters. The molecule has 1 fully saturated rings. The molecule has 2 rings (SSSR count). The van der Waals surface area contributed by atoms with Crippen LogP contribution in [0.2, 0.25) is 0 Å². The average molecular weight is 368 g/mol. The van der Waals surface area contributed by atoms with Gasteiger partial charge >= 0.3 is 0 Å². The van der Waals surface area contributed by atoms with Crippen molar-refractivity contribution in [3.05, 3.63) is 28.3 Å². The van der Waals surface area contributed by atoms with E-state index in [-0.39, 0.29) is 49.3 Å². The number of morpholine rings is 1. The van der Waals surface area contributed by atoms with E-state index < -0.39 is 26.7 Å². The topological polar surface area (TPSA) is 125 Å². The summed E-state index contributed by atoms with van der Waals surface area (Å²) in [5.41, 5.74) is 4.97. The number of sulfonamides is 1. The summed E-state index contributed by atoms with van der Waals surface area (Å²) >= 11 is 0. The molecule has 0 radical (unpaired) electrons. The Bertz CT molecular complexity index is 669.